The Labute approximate surface area is 115 Å². The third-order valence-electron chi connectivity index (χ3n) is 3.93. The maximum absolute atomic E-state index is 6.04. The molecule has 2 nitrogen and oxygen atoms in total. The zero-order valence-corrected chi connectivity index (χ0v) is 12.0. The van der Waals surface area contributed by atoms with E-state index in [1.54, 1.807) is 0 Å². The predicted molar refractivity (Wildman–Crippen MR) is 76.7 cm³/mol. The average Bonchev–Trinajstić information content (AvgIpc) is 2.44. The highest BCUT2D eigenvalue weighted by molar-refractivity contribution is 6.18. The average molecular weight is 268 g/mol. The van der Waals surface area contributed by atoms with Gasteiger partial charge in [0.2, 0.25) is 0 Å². The molecule has 2 atom stereocenters. The molecule has 0 aliphatic carbocycles. The standard InChI is InChI=1S/C15H22ClNO/c1-3-15(2,11-16)17-10-12-8-9-18-14-7-5-4-6-13(12)14/h4-7,12,17H,3,8-11H2,1-2H3. The number of fused-ring (bicyclic) bond motifs is 1. The summed E-state index contributed by atoms with van der Waals surface area (Å²) in [7, 11) is 0. The Bertz CT molecular complexity index is 390. The maximum atomic E-state index is 6.04. The van der Waals surface area contributed by atoms with Crippen molar-refractivity contribution in [3.8, 4) is 5.75 Å². The summed E-state index contributed by atoms with van der Waals surface area (Å²) >= 11 is 6.04. The highest BCUT2D eigenvalue weighted by atomic mass is 35.5. The number of nitrogens with one attached hydrogen (secondary N) is 1. The molecule has 0 aromatic heterocycles. The van der Waals surface area contributed by atoms with Gasteiger partial charge in [0, 0.05) is 23.9 Å². The minimum Gasteiger partial charge on any atom is -0.493 e. The van der Waals surface area contributed by atoms with E-state index < -0.39 is 0 Å². The van der Waals surface area contributed by atoms with Crippen molar-refractivity contribution in [2.24, 2.45) is 0 Å². The van der Waals surface area contributed by atoms with E-state index in [0.717, 1.165) is 31.7 Å². The third-order valence-corrected chi connectivity index (χ3v) is 4.52. The topological polar surface area (TPSA) is 21.3 Å². The number of halogens is 1. The van der Waals surface area contributed by atoms with Gasteiger partial charge in [-0.2, -0.15) is 0 Å². The van der Waals surface area contributed by atoms with Gasteiger partial charge in [0.15, 0.2) is 0 Å². The van der Waals surface area contributed by atoms with Crippen LogP contribution in [0.5, 0.6) is 5.75 Å². The lowest BCUT2D eigenvalue weighted by molar-refractivity contribution is 0.255. The van der Waals surface area contributed by atoms with E-state index >= 15 is 0 Å². The molecule has 0 saturated carbocycles. The fourth-order valence-corrected chi connectivity index (χ4v) is 2.55. The Morgan fingerprint density at radius 3 is 2.94 bits per heavy atom. The monoisotopic (exact) mass is 267 g/mol. The van der Waals surface area contributed by atoms with Gasteiger partial charge in [0.1, 0.15) is 5.75 Å². The van der Waals surface area contributed by atoms with Crippen molar-refractivity contribution in [2.75, 3.05) is 19.0 Å². The number of para-hydroxylation sites is 1. The summed E-state index contributed by atoms with van der Waals surface area (Å²) in [5.41, 5.74) is 1.36. The van der Waals surface area contributed by atoms with Gasteiger partial charge in [-0.3, -0.25) is 0 Å². The van der Waals surface area contributed by atoms with Crippen LogP contribution in [0, 0.1) is 0 Å². The molecule has 3 heteroatoms. The molecule has 0 radical (unpaired) electrons. The Balaban J connectivity index is 2.03. The lowest BCUT2D eigenvalue weighted by atomic mass is 9.91. The normalized spacial score (nSPS) is 21.8. The Morgan fingerprint density at radius 2 is 2.22 bits per heavy atom. The molecule has 0 amide bonds. The van der Waals surface area contributed by atoms with Crippen LogP contribution in [-0.4, -0.2) is 24.6 Å². The van der Waals surface area contributed by atoms with Gasteiger partial charge >= 0.3 is 0 Å². The van der Waals surface area contributed by atoms with E-state index in [4.69, 9.17) is 16.3 Å². The van der Waals surface area contributed by atoms with Crippen LogP contribution in [0.15, 0.2) is 24.3 Å². The van der Waals surface area contributed by atoms with Crippen LogP contribution in [0.1, 0.15) is 38.2 Å². The highest BCUT2D eigenvalue weighted by Crippen LogP contribution is 2.33. The van der Waals surface area contributed by atoms with Crippen molar-refractivity contribution in [2.45, 2.75) is 38.1 Å². The van der Waals surface area contributed by atoms with E-state index in [9.17, 15) is 0 Å². The SMILES string of the molecule is CCC(C)(CCl)NCC1CCOc2ccccc21. The number of ether oxygens (including phenoxy) is 1. The van der Waals surface area contributed by atoms with E-state index in [0.29, 0.717) is 11.8 Å². The fraction of sp³-hybridized carbons (Fsp3) is 0.600. The van der Waals surface area contributed by atoms with Gasteiger partial charge in [-0.1, -0.05) is 25.1 Å². The van der Waals surface area contributed by atoms with Crippen LogP contribution >= 0.6 is 11.6 Å². The number of hydrogen-bond acceptors (Lipinski definition) is 2. The Morgan fingerprint density at radius 1 is 1.44 bits per heavy atom. The van der Waals surface area contributed by atoms with Gasteiger partial charge in [-0.25, -0.2) is 0 Å². The predicted octanol–water partition coefficient (Wildman–Crippen LogP) is 3.55. The number of alkyl halides is 1. The molecule has 1 aliphatic heterocycles. The smallest absolute Gasteiger partial charge is 0.122 e. The highest BCUT2D eigenvalue weighted by Gasteiger charge is 2.25. The number of rotatable bonds is 5. The number of benzene rings is 1. The summed E-state index contributed by atoms with van der Waals surface area (Å²) in [5.74, 6) is 2.22. The molecule has 1 heterocycles. The van der Waals surface area contributed by atoms with Crippen LogP contribution in [-0.2, 0) is 0 Å². The van der Waals surface area contributed by atoms with Crippen LogP contribution in [0.2, 0.25) is 0 Å². The van der Waals surface area contributed by atoms with Crippen molar-refractivity contribution in [1.29, 1.82) is 0 Å². The quantitative estimate of drug-likeness (QED) is 0.824. The molecule has 1 aliphatic rings. The van der Waals surface area contributed by atoms with E-state index in [-0.39, 0.29) is 5.54 Å². The van der Waals surface area contributed by atoms with Crippen LogP contribution in [0.25, 0.3) is 0 Å². The molecule has 1 N–H and O–H groups in total. The molecule has 0 bridgehead atoms. The Hall–Kier alpha value is -0.730. The minimum absolute atomic E-state index is 0.0365. The molecule has 0 fully saturated rings. The molecule has 0 saturated heterocycles. The second kappa shape index (κ2) is 5.94. The van der Waals surface area contributed by atoms with Gasteiger partial charge in [-0.15, -0.1) is 11.6 Å². The Kier molecular flexibility index (Phi) is 4.52. The van der Waals surface area contributed by atoms with Crippen molar-refractivity contribution >= 4 is 11.6 Å². The first-order chi connectivity index (χ1) is 8.68. The molecule has 18 heavy (non-hydrogen) atoms. The zero-order chi connectivity index (χ0) is 13.0. The van der Waals surface area contributed by atoms with E-state index in [1.165, 1.54) is 5.56 Å². The van der Waals surface area contributed by atoms with Crippen LogP contribution in [0.3, 0.4) is 0 Å². The van der Waals surface area contributed by atoms with Gasteiger partial charge in [0.05, 0.1) is 6.61 Å². The summed E-state index contributed by atoms with van der Waals surface area (Å²) in [6, 6.07) is 8.34. The lowest BCUT2D eigenvalue weighted by Crippen LogP contribution is -2.45. The van der Waals surface area contributed by atoms with Crippen molar-refractivity contribution in [3.63, 3.8) is 0 Å². The van der Waals surface area contributed by atoms with Gasteiger partial charge in [0.25, 0.3) is 0 Å². The van der Waals surface area contributed by atoms with Crippen molar-refractivity contribution in [1.82, 2.24) is 5.32 Å². The molecule has 2 rings (SSSR count). The van der Waals surface area contributed by atoms with E-state index in [1.807, 2.05) is 6.07 Å². The molecule has 1 aromatic carbocycles. The molecule has 2 unspecified atom stereocenters. The minimum atomic E-state index is 0.0365. The van der Waals surface area contributed by atoms with E-state index in [2.05, 4.69) is 37.4 Å². The largest absolute Gasteiger partial charge is 0.493 e. The van der Waals surface area contributed by atoms with Crippen molar-refractivity contribution < 1.29 is 4.74 Å². The first-order valence-corrected chi connectivity index (χ1v) is 7.24. The van der Waals surface area contributed by atoms with Gasteiger partial charge < -0.3 is 10.1 Å². The summed E-state index contributed by atoms with van der Waals surface area (Å²) in [6.45, 7) is 6.14. The summed E-state index contributed by atoms with van der Waals surface area (Å²) in [4.78, 5) is 0. The van der Waals surface area contributed by atoms with Crippen LogP contribution < -0.4 is 10.1 Å². The van der Waals surface area contributed by atoms with Gasteiger partial charge in [-0.05, 0) is 31.4 Å². The maximum Gasteiger partial charge on any atom is 0.122 e. The molecular weight excluding hydrogens is 246 g/mol. The lowest BCUT2D eigenvalue weighted by Gasteiger charge is -2.32. The zero-order valence-electron chi connectivity index (χ0n) is 11.2. The fourth-order valence-electron chi connectivity index (χ4n) is 2.26. The first kappa shape index (κ1) is 13.7. The molecule has 100 valence electrons. The van der Waals surface area contributed by atoms with Crippen LogP contribution in [0.4, 0.5) is 0 Å². The summed E-state index contributed by atoms with van der Waals surface area (Å²) in [5, 5.41) is 3.62. The molecular formula is C15H22ClNO. The molecule has 0 spiro atoms. The summed E-state index contributed by atoms with van der Waals surface area (Å²) < 4.78 is 5.68. The first-order valence-electron chi connectivity index (χ1n) is 6.71. The third kappa shape index (κ3) is 2.99. The summed E-state index contributed by atoms with van der Waals surface area (Å²) in [6.07, 6.45) is 2.12. The van der Waals surface area contributed by atoms with Crippen molar-refractivity contribution in [3.05, 3.63) is 29.8 Å². The second-order valence-electron chi connectivity index (χ2n) is 5.30. The number of hydrogen-bond donors (Lipinski definition) is 1. The second-order valence-corrected chi connectivity index (χ2v) is 5.57. The molecule has 1 aromatic rings.